The van der Waals surface area contributed by atoms with Crippen molar-refractivity contribution >= 4 is 50.7 Å². The van der Waals surface area contributed by atoms with Crippen LogP contribution in [0.25, 0.3) is 0 Å². The monoisotopic (exact) mass is 692 g/mol. The Kier molecular flexibility index (Phi) is 13.4. The van der Waals surface area contributed by atoms with Gasteiger partial charge < -0.3 is 26.2 Å². The molecule has 1 saturated heterocycles. The highest BCUT2D eigenvalue weighted by Gasteiger charge is 2.23. The van der Waals surface area contributed by atoms with Crippen LogP contribution in [-0.4, -0.2) is 66.8 Å². The van der Waals surface area contributed by atoms with Gasteiger partial charge in [0.25, 0.3) is 0 Å². The van der Waals surface area contributed by atoms with Crippen LogP contribution < -0.4 is 26.0 Å². The van der Waals surface area contributed by atoms with Gasteiger partial charge in [0, 0.05) is 73.4 Å². The number of sulfonamides is 1. The van der Waals surface area contributed by atoms with E-state index in [1.807, 2.05) is 24.0 Å². The molecule has 0 radical (unpaired) electrons. The molecular formula is C36H52N8O4S. The van der Waals surface area contributed by atoms with Gasteiger partial charge in [-0.15, -0.1) is 0 Å². The number of aryl methyl sites for hydroxylation is 1. The first-order valence-electron chi connectivity index (χ1n) is 17.2. The van der Waals surface area contributed by atoms with Crippen LogP contribution in [0.15, 0.2) is 59.6 Å². The SMILES string of the molecule is Cc1cnc(Nc2ccc(N3CCN(C(=O)CCCCCCCCCC(N)=O)CC3)cc2)nc1Nc1cccc(S(=O)(=O)NC(C)(C)C)c1. The minimum atomic E-state index is -3.69. The van der Waals surface area contributed by atoms with Crippen LogP contribution in [0.3, 0.4) is 0 Å². The summed E-state index contributed by atoms with van der Waals surface area (Å²) in [5.41, 5.74) is 7.91. The molecule has 0 aliphatic carbocycles. The fourth-order valence-corrected chi connectivity index (χ4v) is 7.15. The Labute approximate surface area is 291 Å². The number of anilines is 5. The van der Waals surface area contributed by atoms with Crippen molar-refractivity contribution < 1.29 is 18.0 Å². The molecule has 1 fully saturated rings. The van der Waals surface area contributed by atoms with Crippen molar-refractivity contribution in [2.24, 2.45) is 5.73 Å². The van der Waals surface area contributed by atoms with Gasteiger partial charge in [0.05, 0.1) is 4.90 Å². The lowest BCUT2D eigenvalue weighted by Gasteiger charge is -2.36. The number of rotatable bonds is 17. The second kappa shape index (κ2) is 17.4. The number of carbonyl (C=O) groups is 2. The van der Waals surface area contributed by atoms with Gasteiger partial charge in [0.2, 0.25) is 27.8 Å². The summed E-state index contributed by atoms with van der Waals surface area (Å²) < 4.78 is 28.4. The fourth-order valence-electron chi connectivity index (χ4n) is 5.68. The summed E-state index contributed by atoms with van der Waals surface area (Å²) >= 11 is 0. The lowest BCUT2D eigenvalue weighted by molar-refractivity contribution is -0.131. The summed E-state index contributed by atoms with van der Waals surface area (Å²) in [7, 11) is -3.69. The molecule has 3 aromatic rings. The third kappa shape index (κ3) is 12.3. The van der Waals surface area contributed by atoms with Crippen molar-refractivity contribution in [1.82, 2.24) is 19.6 Å². The van der Waals surface area contributed by atoms with Crippen molar-refractivity contribution in [1.29, 1.82) is 0 Å². The molecule has 0 saturated carbocycles. The summed E-state index contributed by atoms with van der Waals surface area (Å²) in [6.45, 7) is 10.3. The molecule has 13 heteroatoms. The minimum absolute atomic E-state index is 0.166. The van der Waals surface area contributed by atoms with E-state index in [1.54, 1.807) is 51.2 Å². The molecule has 1 aliphatic heterocycles. The zero-order chi connectivity index (χ0) is 35.4. The van der Waals surface area contributed by atoms with E-state index in [1.165, 1.54) is 0 Å². The van der Waals surface area contributed by atoms with Crippen molar-refractivity contribution in [2.75, 3.05) is 41.7 Å². The van der Waals surface area contributed by atoms with Crippen LogP contribution in [0.4, 0.5) is 28.8 Å². The number of nitrogens with two attached hydrogens (primary N) is 1. The summed E-state index contributed by atoms with van der Waals surface area (Å²) in [6.07, 6.45) is 10.0. The number of hydrogen-bond donors (Lipinski definition) is 4. The summed E-state index contributed by atoms with van der Waals surface area (Å²) in [6, 6.07) is 14.7. The number of hydrogen-bond acceptors (Lipinski definition) is 9. The first-order chi connectivity index (χ1) is 23.3. The Morgan fingerprint density at radius 2 is 1.47 bits per heavy atom. The lowest BCUT2D eigenvalue weighted by Crippen LogP contribution is -2.48. The van der Waals surface area contributed by atoms with Crippen molar-refractivity contribution in [3.63, 3.8) is 0 Å². The quantitative estimate of drug-likeness (QED) is 0.124. The number of nitrogens with zero attached hydrogens (tertiary/aromatic N) is 4. The molecule has 2 amide bonds. The van der Waals surface area contributed by atoms with Gasteiger partial charge >= 0.3 is 0 Å². The van der Waals surface area contributed by atoms with Gasteiger partial charge in [-0.3, -0.25) is 9.59 Å². The minimum Gasteiger partial charge on any atom is -0.370 e. The molecule has 0 spiro atoms. The number of aromatic nitrogens is 2. The van der Waals surface area contributed by atoms with Crippen LogP contribution in [-0.2, 0) is 19.6 Å². The molecule has 2 heterocycles. The van der Waals surface area contributed by atoms with Gasteiger partial charge in [-0.05, 0) is 83.0 Å². The first kappa shape index (κ1) is 37.6. The molecule has 1 aliphatic rings. The maximum atomic E-state index is 12.8. The molecule has 49 heavy (non-hydrogen) atoms. The topological polar surface area (TPSA) is 163 Å². The van der Waals surface area contributed by atoms with Crippen LogP contribution >= 0.6 is 0 Å². The summed E-state index contributed by atoms with van der Waals surface area (Å²) in [4.78, 5) is 37.1. The Morgan fingerprint density at radius 3 is 2.10 bits per heavy atom. The van der Waals surface area contributed by atoms with Gasteiger partial charge in [0.15, 0.2) is 0 Å². The van der Waals surface area contributed by atoms with E-state index < -0.39 is 15.6 Å². The molecule has 266 valence electrons. The largest absolute Gasteiger partial charge is 0.370 e. The number of carbonyl (C=O) groups excluding carboxylic acids is 2. The van der Waals surface area contributed by atoms with Gasteiger partial charge in [0.1, 0.15) is 5.82 Å². The zero-order valence-electron chi connectivity index (χ0n) is 29.3. The fraction of sp³-hybridized carbons (Fsp3) is 0.500. The van der Waals surface area contributed by atoms with Crippen LogP contribution in [0.5, 0.6) is 0 Å². The van der Waals surface area contributed by atoms with Crippen LogP contribution in [0, 0.1) is 6.92 Å². The molecule has 5 N–H and O–H groups in total. The highest BCUT2D eigenvalue weighted by Crippen LogP contribution is 2.25. The normalized spacial score (nSPS) is 13.7. The van der Waals surface area contributed by atoms with E-state index in [0.717, 1.165) is 75.0 Å². The van der Waals surface area contributed by atoms with Gasteiger partial charge in [-0.1, -0.05) is 38.2 Å². The zero-order valence-corrected chi connectivity index (χ0v) is 30.1. The predicted molar refractivity (Wildman–Crippen MR) is 196 cm³/mol. The number of piperazine rings is 1. The molecule has 4 rings (SSSR count). The summed E-state index contributed by atoms with van der Waals surface area (Å²) in [5.74, 6) is 0.986. The molecule has 1 aromatic heterocycles. The van der Waals surface area contributed by atoms with E-state index in [0.29, 0.717) is 43.4 Å². The predicted octanol–water partition coefficient (Wildman–Crippen LogP) is 5.99. The molecule has 0 atom stereocenters. The Hall–Kier alpha value is -4.23. The standard InChI is InChI=1S/C36H52N8O4S/c1-27-26-38-35(41-34(27)39-29-13-12-14-31(25-29)49(47,48)42-36(2,3)4)40-28-17-19-30(20-18-28)43-21-23-44(24-22-43)33(46)16-11-9-7-5-6-8-10-15-32(37)45/h12-14,17-20,25-26,42H,5-11,15-16,21-24H2,1-4H3,(H2,37,45)(H2,38,39,40,41). The number of unbranched alkanes of at least 4 members (excludes halogenated alkanes) is 6. The third-order valence-electron chi connectivity index (χ3n) is 8.25. The average molecular weight is 693 g/mol. The van der Waals surface area contributed by atoms with Crippen LogP contribution in [0.2, 0.25) is 0 Å². The average Bonchev–Trinajstić information content (AvgIpc) is 3.05. The van der Waals surface area contributed by atoms with E-state index in [9.17, 15) is 18.0 Å². The molecule has 0 unspecified atom stereocenters. The van der Waals surface area contributed by atoms with Gasteiger partial charge in [-0.2, -0.15) is 4.98 Å². The molecule has 12 nitrogen and oxygen atoms in total. The van der Waals surface area contributed by atoms with Crippen LogP contribution in [0.1, 0.15) is 84.1 Å². The summed E-state index contributed by atoms with van der Waals surface area (Å²) in [5, 5.41) is 6.49. The second-order valence-electron chi connectivity index (χ2n) is 13.7. The van der Waals surface area contributed by atoms with Crippen molar-refractivity contribution in [2.45, 2.75) is 95.9 Å². The maximum Gasteiger partial charge on any atom is 0.241 e. The molecular weight excluding hydrogens is 641 g/mol. The van der Waals surface area contributed by atoms with E-state index in [4.69, 9.17) is 5.73 Å². The first-order valence-corrected chi connectivity index (χ1v) is 18.7. The third-order valence-corrected chi connectivity index (χ3v) is 10.0. The smallest absolute Gasteiger partial charge is 0.241 e. The van der Waals surface area contributed by atoms with E-state index >= 15 is 0 Å². The maximum absolute atomic E-state index is 12.8. The van der Waals surface area contributed by atoms with Crippen molar-refractivity contribution in [3.05, 3.63) is 60.3 Å². The second-order valence-corrected chi connectivity index (χ2v) is 15.4. The molecule has 2 aromatic carbocycles. The Morgan fingerprint density at radius 1 is 0.837 bits per heavy atom. The Balaban J connectivity index is 1.23. The molecule has 0 bridgehead atoms. The van der Waals surface area contributed by atoms with Gasteiger partial charge in [-0.25, -0.2) is 18.1 Å². The number of amides is 2. The van der Waals surface area contributed by atoms with E-state index in [2.05, 4.69) is 42.4 Å². The number of nitrogens with one attached hydrogen (secondary N) is 3. The lowest BCUT2D eigenvalue weighted by atomic mass is 10.1. The number of benzene rings is 2. The Bertz CT molecular complexity index is 1650. The highest BCUT2D eigenvalue weighted by molar-refractivity contribution is 7.89. The number of primary amides is 1. The highest BCUT2D eigenvalue weighted by atomic mass is 32.2. The van der Waals surface area contributed by atoms with Crippen molar-refractivity contribution in [3.8, 4) is 0 Å². The van der Waals surface area contributed by atoms with E-state index in [-0.39, 0.29) is 16.7 Å².